The zero-order chi connectivity index (χ0) is 22.8. The Morgan fingerprint density at radius 1 is 1.19 bits per heavy atom. The number of nitrogens with one attached hydrogen (secondary N) is 1. The fraction of sp³-hybridized carbons (Fsp3) is 0.360. The zero-order valence-electron chi connectivity index (χ0n) is 18.9. The molecule has 0 bridgehead atoms. The number of thioether (sulfide) groups is 1. The van der Waals surface area contributed by atoms with Crippen LogP contribution in [-0.2, 0) is 4.74 Å². The molecule has 164 valence electrons. The number of hydrogen-bond donors (Lipinski definition) is 1. The van der Waals surface area contributed by atoms with Gasteiger partial charge in [-0.05, 0) is 64.1 Å². The lowest BCUT2D eigenvalue weighted by molar-refractivity contribution is 0.00706. The molecule has 0 unspecified atom stereocenters. The Balaban J connectivity index is 2.02. The molecule has 31 heavy (non-hydrogen) atoms. The van der Waals surface area contributed by atoms with E-state index in [1.54, 1.807) is 12.1 Å². The number of fused-ring (bicyclic) bond motifs is 1. The predicted octanol–water partition coefficient (Wildman–Crippen LogP) is 6.34. The number of carbonyl (C=O) groups is 1. The lowest BCUT2D eigenvalue weighted by atomic mass is 10.0. The summed E-state index contributed by atoms with van der Waals surface area (Å²) in [7, 11) is 0. The Kier molecular flexibility index (Phi) is 6.80. The first-order valence-electron chi connectivity index (χ1n) is 10.4. The Morgan fingerprint density at radius 2 is 1.90 bits per heavy atom. The summed E-state index contributed by atoms with van der Waals surface area (Å²) in [5, 5.41) is 4.58. The average molecular weight is 440 g/mol. The molecule has 0 fully saturated rings. The third kappa shape index (κ3) is 5.50. The zero-order valence-corrected chi connectivity index (χ0v) is 19.7. The van der Waals surface area contributed by atoms with Gasteiger partial charge in [-0.1, -0.05) is 36.9 Å². The minimum Gasteiger partial charge on any atom is -0.456 e. The molecule has 6 heteroatoms. The Morgan fingerprint density at radius 3 is 2.58 bits per heavy atom. The topological polar surface area (TPSA) is 68.5 Å². The van der Waals surface area contributed by atoms with Gasteiger partial charge in [-0.3, -0.25) is 4.79 Å². The van der Waals surface area contributed by atoms with Gasteiger partial charge in [0, 0.05) is 17.3 Å². The fourth-order valence-electron chi connectivity index (χ4n) is 3.38. The highest BCUT2D eigenvalue weighted by Crippen LogP contribution is 2.31. The number of anilines is 1. The van der Waals surface area contributed by atoms with E-state index in [0.29, 0.717) is 27.3 Å². The number of ether oxygens (including phenoxy) is 1. The smallest absolute Gasteiger partial charge is 0.340 e. The molecule has 1 heterocycles. The van der Waals surface area contributed by atoms with E-state index in [-0.39, 0.29) is 17.4 Å². The van der Waals surface area contributed by atoms with Crippen LogP contribution >= 0.6 is 11.8 Å². The predicted molar refractivity (Wildman–Crippen MR) is 127 cm³/mol. The monoisotopic (exact) mass is 439 g/mol. The minimum absolute atomic E-state index is 0.0523. The van der Waals surface area contributed by atoms with Crippen LogP contribution in [0.15, 0.2) is 56.8 Å². The van der Waals surface area contributed by atoms with Crippen molar-refractivity contribution in [1.29, 1.82) is 0 Å². The van der Waals surface area contributed by atoms with Crippen molar-refractivity contribution in [1.82, 2.24) is 0 Å². The largest absolute Gasteiger partial charge is 0.456 e. The van der Waals surface area contributed by atoms with Crippen LogP contribution in [0, 0.1) is 6.92 Å². The van der Waals surface area contributed by atoms with Crippen molar-refractivity contribution in [2.45, 2.75) is 58.3 Å². The molecule has 0 spiro atoms. The molecule has 5 nitrogen and oxygen atoms in total. The van der Waals surface area contributed by atoms with E-state index in [2.05, 4.69) is 5.32 Å². The molecule has 0 aliphatic heterocycles. The highest BCUT2D eigenvalue weighted by Gasteiger charge is 2.22. The first-order chi connectivity index (χ1) is 14.6. The molecule has 3 aromatic rings. The Labute approximate surface area is 187 Å². The van der Waals surface area contributed by atoms with Crippen LogP contribution in [0.4, 0.5) is 5.69 Å². The van der Waals surface area contributed by atoms with Gasteiger partial charge in [0.1, 0.15) is 11.2 Å². The quantitative estimate of drug-likeness (QED) is 0.357. The summed E-state index contributed by atoms with van der Waals surface area (Å²) >= 11 is 1.50. The standard InChI is InChI=1S/C25H29NO4S/c1-7-31-22-14-21(27)19-13-15(2)12-18(23(19)29-22)16(3)26-20-11-9-8-10-17(20)24(28)30-25(4,5)6/h8-14,16,26H,7H2,1-6H3/t16-/m1/s1. The first-order valence-corrected chi connectivity index (χ1v) is 11.4. The second kappa shape index (κ2) is 9.18. The molecule has 1 N–H and O–H groups in total. The van der Waals surface area contributed by atoms with Crippen molar-refractivity contribution in [2.24, 2.45) is 0 Å². The maximum absolute atomic E-state index is 12.7. The Bertz CT molecular complexity index is 1160. The summed E-state index contributed by atoms with van der Waals surface area (Å²) in [6, 6.07) is 12.5. The molecule has 0 aliphatic rings. The summed E-state index contributed by atoms with van der Waals surface area (Å²) < 4.78 is 11.7. The lowest BCUT2D eigenvalue weighted by Gasteiger charge is -2.22. The van der Waals surface area contributed by atoms with Crippen LogP contribution in [0.5, 0.6) is 0 Å². The van der Waals surface area contributed by atoms with Gasteiger partial charge in [0.15, 0.2) is 10.5 Å². The van der Waals surface area contributed by atoms with Gasteiger partial charge in [0.2, 0.25) is 0 Å². The van der Waals surface area contributed by atoms with E-state index in [0.717, 1.165) is 16.9 Å². The van der Waals surface area contributed by atoms with Gasteiger partial charge < -0.3 is 14.5 Å². The lowest BCUT2D eigenvalue weighted by Crippen LogP contribution is -2.24. The van der Waals surface area contributed by atoms with Crippen molar-refractivity contribution >= 4 is 34.4 Å². The first kappa shape index (κ1) is 22.9. The third-order valence-electron chi connectivity index (χ3n) is 4.65. The van der Waals surface area contributed by atoms with Crippen LogP contribution < -0.4 is 10.7 Å². The number of aryl methyl sites for hydroxylation is 1. The summed E-state index contributed by atoms with van der Waals surface area (Å²) in [5.74, 6) is 0.428. The average Bonchev–Trinajstić information content (AvgIpc) is 2.67. The molecule has 0 aliphatic carbocycles. The van der Waals surface area contributed by atoms with Gasteiger partial charge in [-0.25, -0.2) is 4.79 Å². The van der Waals surface area contributed by atoms with E-state index >= 15 is 0 Å². The number of para-hydroxylation sites is 1. The maximum Gasteiger partial charge on any atom is 0.340 e. The Hall–Kier alpha value is -2.73. The second-order valence-electron chi connectivity index (χ2n) is 8.51. The molecule has 3 rings (SSSR count). The summed E-state index contributed by atoms with van der Waals surface area (Å²) in [6.07, 6.45) is 0. The van der Waals surface area contributed by atoms with E-state index in [1.807, 2.05) is 71.9 Å². The minimum atomic E-state index is -0.584. The van der Waals surface area contributed by atoms with Gasteiger partial charge in [0.25, 0.3) is 0 Å². The molecule has 1 atom stereocenters. The van der Waals surface area contributed by atoms with Gasteiger partial charge >= 0.3 is 5.97 Å². The highest BCUT2D eigenvalue weighted by atomic mass is 32.2. The molecular formula is C25H29NO4S. The van der Waals surface area contributed by atoms with E-state index < -0.39 is 5.60 Å². The van der Waals surface area contributed by atoms with Crippen molar-refractivity contribution in [3.05, 3.63) is 69.4 Å². The van der Waals surface area contributed by atoms with Crippen LogP contribution in [0.2, 0.25) is 0 Å². The normalized spacial score (nSPS) is 12.6. The summed E-state index contributed by atoms with van der Waals surface area (Å²) in [6.45, 7) is 11.5. The molecule has 0 amide bonds. The summed E-state index contributed by atoms with van der Waals surface area (Å²) in [4.78, 5) is 25.4. The van der Waals surface area contributed by atoms with Gasteiger partial charge in [-0.2, -0.15) is 0 Å². The van der Waals surface area contributed by atoms with Crippen molar-refractivity contribution in [3.8, 4) is 0 Å². The third-order valence-corrected chi connectivity index (χ3v) is 5.42. The number of carbonyl (C=O) groups excluding carboxylic acids is 1. The fourth-order valence-corrected chi connectivity index (χ4v) is 4.00. The number of rotatable bonds is 6. The van der Waals surface area contributed by atoms with Gasteiger partial charge in [0.05, 0.1) is 17.0 Å². The number of benzene rings is 2. The molecular weight excluding hydrogens is 410 g/mol. The summed E-state index contributed by atoms with van der Waals surface area (Å²) in [5.41, 5.74) is 2.90. The van der Waals surface area contributed by atoms with Crippen molar-refractivity contribution in [2.75, 3.05) is 11.1 Å². The van der Waals surface area contributed by atoms with Crippen molar-refractivity contribution in [3.63, 3.8) is 0 Å². The molecule has 2 aromatic carbocycles. The molecule has 0 radical (unpaired) electrons. The SMILES string of the molecule is CCSc1cc(=O)c2cc(C)cc([C@@H](C)Nc3ccccc3C(=O)OC(C)(C)C)c2o1. The van der Waals surface area contributed by atoms with Crippen LogP contribution in [0.25, 0.3) is 11.0 Å². The molecule has 1 aromatic heterocycles. The highest BCUT2D eigenvalue weighted by molar-refractivity contribution is 7.99. The second-order valence-corrected chi connectivity index (χ2v) is 9.78. The molecule has 0 saturated carbocycles. The molecule has 0 saturated heterocycles. The van der Waals surface area contributed by atoms with Crippen LogP contribution in [-0.4, -0.2) is 17.3 Å². The van der Waals surface area contributed by atoms with Crippen LogP contribution in [0.3, 0.4) is 0 Å². The maximum atomic E-state index is 12.7. The number of hydrogen-bond acceptors (Lipinski definition) is 6. The van der Waals surface area contributed by atoms with E-state index in [4.69, 9.17) is 9.15 Å². The van der Waals surface area contributed by atoms with E-state index in [1.165, 1.54) is 11.8 Å². The van der Waals surface area contributed by atoms with Crippen LogP contribution in [0.1, 0.15) is 62.1 Å². The van der Waals surface area contributed by atoms with Crippen molar-refractivity contribution < 1.29 is 13.9 Å². The van der Waals surface area contributed by atoms with E-state index in [9.17, 15) is 9.59 Å². The van der Waals surface area contributed by atoms with Gasteiger partial charge in [-0.15, -0.1) is 0 Å². The number of esters is 1.